The molecule has 2 rings (SSSR count). The zero-order valence-electron chi connectivity index (χ0n) is 9.97. The van der Waals surface area contributed by atoms with Gasteiger partial charge in [0.25, 0.3) is 5.91 Å². The van der Waals surface area contributed by atoms with Crippen LogP contribution in [0.25, 0.3) is 0 Å². The van der Waals surface area contributed by atoms with Gasteiger partial charge in [-0.25, -0.2) is 0 Å². The highest BCUT2D eigenvalue weighted by molar-refractivity contribution is 5.92. The standard InChI is InChI=1S/C11H17N4O/c1-13-7-5-9(8-13)14(2)11(16)10-4-6-12-15(10)3/h6,9H,5,7-8H2,1-3H3. The van der Waals surface area contributed by atoms with E-state index in [0.29, 0.717) is 11.7 Å². The minimum Gasteiger partial charge on any atom is -0.336 e. The van der Waals surface area contributed by atoms with E-state index < -0.39 is 0 Å². The normalized spacial score (nSPS) is 21.3. The van der Waals surface area contributed by atoms with Crippen molar-refractivity contribution in [3.05, 3.63) is 18.0 Å². The third kappa shape index (κ3) is 1.95. The van der Waals surface area contributed by atoms with Crippen LogP contribution in [-0.4, -0.2) is 58.7 Å². The Morgan fingerprint density at radius 3 is 2.88 bits per heavy atom. The van der Waals surface area contributed by atoms with Crippen molar-refractivity contribution in [2.75, 3.05) is 27.2 Å². The van der Waals surface area contributed by atoms with Crippen LogP contribution in [0.3, 0.4) is 0 Å². The molecule has 16 heavy (non-hydrogen) atoms. The van der Waals surface area contributed by atoms with Gasteiger partial charge in [0.2, 0.25) is 0 Å². The van der Waals surface area contributed by atoms with Gasteiger partial charge >= 0.3 is 0 Å². The zero-order valence-corrected chi connectivity index (χ0v) is 9.97. The maximum atomic E-state index is 12.1. The molecule has 1 amide bonds. The first kappa shape index (κ1) is 11.1. The Morgan fingerprint density at radius 2 is 2.38 bits per heavy atom. The van der Waals surface area contributed by atoms with Crippen LogP contribution in [0.5, 0.6) is 0 Å². The smallest absolute Gasteiger partial charge is 0.272 e. The van der Waals surface area contributed by atoms with Gasteiger partial charge in [-0.2, -0.15) is 5.10 Å². The van der Waals surface area contributed by atoms with Gasteiger partial charge in [-0.05, 0) is 20.0 Å². The molecule has 0 spiro atoms. The van der Waals surface area contributed by atoms with Crippen molar-refractivity contribution in [2.24, 2.45) is 7.05 Å². The molecule has 5 heteroatoms. The SMILES string of the molecule is CN1CCC(N(C)C(=O)c2[c]cnn2C)C1. The highest BCUT2D eigenvalue weighted by Gasteiger charge is 2.28. The Balaban J connectivity index is 2.08. The lowest BCUT2D eigenvalue weighted by atomic mass is 10.2. The maximum Gasteiger partial charge on any atom is 0.272 e. The van der Waals surface area contributed by atoms with Gasteiger partial charge in [0, 0.05) is 32.7 Å². The summed E-state index contributed by atoms with van der Waals surface area (Å²) in [6, 6.07) is 3.17. The van der Waals surface area contributed by atoms with Crippen LogP contribution < -0.4 is 0 Å². The van der Waals surface area contributed by atoms with Crippen molar-refractivity contribution in [2.45, 2.75) is 12.5 Å². The number of amides is 1. The molecule has 5 nitrogen and oxygen atoms in total. The molecule has 1 aliphatic heterocycles. The van der Waals surface area contributed by atoms with Crippen molar-refractivity contribution >= 4 is 5.91 Å². The molecule has 2 heterocycles. The molecule has 0 saturated carbocycles. The van der Waals surface area contributed by atoms with E-state index in [-0.39, 0.29) is 5.91 Å². The second-order valence-electron chi connectivity index (χ2n) is 4.38. The summed E-state index contributed by atoms with van der Waals surface area (Å²) in [5.41, 5.74) is 0.525. The van der Waals surface area contributed by atoms with Crippen LogP contribution in [0.15, 0.2) is 6.20 Å². The van der Waals surface area contributed by atoms with Crippen LogP contribution in [-0.2, 0) is 7.05 Å². The van der Waals surface area contributed by atoms with Crippen LogP contribution in [0.1, 0.15) is 16.9 Å². The molecule has 1 saturated heterocycles. The molecule has 1 aliphatic rings. The first-order valence-electron chi connectivity index (χ1n) is 5.45. The van der Waals surface area contributed by atoms with Gasteiger partial charge in [-0.3, -0.25) is 9.48 Å². The number of hydrogen-bond donors (Lipinski definition) is 0. The largest absolute Gasteiger partial charge is 0.336 e. The lowest BCUT2D eigenvalue weighted by molar-refractivity contribution is 0.0726. The molecule has 1 aromatic rings. The van der Waals surface area contributed by atoms with Gasteiger partial charge in [-0.15, -0.1) is 0 Å². The van der Waals surface area contributed by atoms with Crippen molar-refractivity contribution in [1.29, 1.82) is 0 Å². The van der Waals surface area contributed by atoms with Crippen molar-refractivity contribution < 1.29 is 4.79 Å². The number of likely N-dealkylation sites (N-methyl/N-ethyl adjacent to an activating group) is 2. The molecule has 1 unspecified atom stereocenters. The summed E-state index contributed by atoms with van der Waals surface area (Å²) in [5, 5.41) is 3.96. The van der Waals surface area contributed by atoms with Crippen LogP contribution in [0.2, 0.25) is 0 Å². The van der Waals surface area contributed by atoms with Crippen molar-refractivity contribution in [3.63, 3.8) is 0 Å². The van der Waals surface area contributed by atoms with Crippen LogP contribution in [0.4, 0.5) is 0 Å². The first-order valence-corrected chi connectivity index (χ1v) is 5.45. The third-order valence-corrected chi connectivity index (χ3v) is 3.19. The van der Waals surface area contributed by atoms with E-state index in [1.54, 1.807) is 16.6 Å². The number of nitrogens with zero attached hydrogens (tertiary/aromatic N) is 4. The minimum atomic E-state index is 0.000278. The van der Waals surface area contributed by atoms with Gasteiger partial charge < -0.3 is 9.80 Å². The predicted octanol–water partition coefficient (Wildman–Crippen LogP) is -0.00361. The Bertz CT molecular complexity index is 387. The highest BCUT2D eigenvalue weighted by atomic mass is 16.2. The van der Waals surface area contributed by atoms with Gasteiger partial charge in [-0.1, -0.05) is 0 Å². The predicted molar refractivity (Wildman–Crippen MR) is 60.0 cm³/mol. The molecule has 0 N–H and O–H groups in total. The van der Waals surface area contributed by atoms with E-state index in [9.17, 15) is 4.79 Å². The number of aromatic nitrogens is 2. The number of aryl methyl sites for hydroxylation is 1. The van der Waals surface area contributed by atoms with E-state index in [1.807, 2.05) is 7.05 Å². The summed E-state index contributed by atoms with van der Waals surface area (Å²) in [7, 11) is 5.69. The maximum absolute atomic E-state index is 12.1. The number of rotatable bonds is 2. The molecule has 1 atom stereocenters. The third-order valence-electron chi connectivity index (χ3n) is 3.19. The van der Waals surface area contributed by atoms with Crippen molar-refractivity contribution in [3.8, 4) is 0 Å². The molecule has 1 fully saturated rings. The number of carbonyl (C=O) groups excluding carboxylic acids is 1. The summed E-state index contributed by atoms with van der Waals surface area (Å²) in [5.74, 6) is 0.000278. The Labute approximate surface area is 95.6 Å². The average molecular weight is 221 g/mol. The van der Waals surface area contributed by atoms with E-state index in [1.165, 1.54) is 6.20 Å². The van der Waals surface area contributed by atoms with Gasteiger partial charge in [0.15, 0.2) is 0 Å². The monoisotopic (exact) mass is 221 g/mol. The fraction of sp³-hybridized carbons (Fsp3) is 0.636. The van der Waals surface area contributed by atoms with Gasteiger partial charge in [0.05, 0.1) is 6.20 Å². The van der Waals surface area contributed by atoms with Crippen molar-refractivity contribution in [1.82, 2.24) is 19.6 Å². The number of hydrogen-bond acceptors (Lipinski definition) is 3. The lowest BCUT2D eigenvalue weighted by Gasteiger charge is -2.24. The molecule has 1 aromatic heterocycles. The Kier molecular flexibility index (Phi) is 2.96. The fourth-order valence-corrected chi connectivity index (χ4v) is 2.09. The Morgan fingerprint density at radius 1 is 1.62 bits per heavy atom. The molecule has 0 bridgehead atoms. The lowest BCUT2D eigenvalue weighted by Crippen LogP contribution is -2.39. The van der Waals surface area contributed by atoms with Gasteiger partial charge in [0.1, 0.15) is 5.69 Å². The number of likely N-dealkylation sites (tertiary alicyclic amines) is 1. The van der Waals surface area contributed by atoms with Crippen LogP contribution >= 0.6 is 0 Å². The number of carbonyl (C=O) groups is 1. The molecular weight excluding hydrogens is 204 g/mol. The summed E-state index contributed by atoms with van der Waals surface area (Å²) in [6.45, 7) is 2.00. The minimum absolute atomic E-state index is 0.000278. The fourth-order valence-electron chi connectivity index (χ4n) is 2.09. The average Bonchev–Trinajstić information content (AvgIpc) is 2.85. The highest BCUT2D eigenvalue weighted by Crippen LogP contribution is 2.14. The molecule has 87 valence electrons. The molecule has 1 radical (unpaired) electrons. The summed E-state index contributed by atoms with van der Waals surface area (Å²) >= 11 is 0. The van der Waals surface area contributed by atoms with E-state index in [2.05, 4.69) is 23.1 Å². The topological polar surface area (TPSA) is 41.4 Å². The zero-order chi connectivity index (χ0) is 11.7. The molecular formula is C11H17N4O. The molecule has 0 aromatic carbocycles. The van der Waals surface area contributed by atoms with E-state index >= 15 is 0 Å². The quantitative estimate of drug-likeness (QED) is 0.705. The van der Waals surface area contributed by atoms with E-state index in [0.717, 1.165) is 19.5 Å². The first-order chi connectivity index (χ1) is 7.59. The summed E-state index contributed by atoms with van der Waals surface area (Å²) in [4.78, 5) is 16.2. The molecule has 0 aliphatic carbocycles. The second-order valence-corrected chi connectivity index (χ2v) is 4.38. The summed E-state index contributed by atoms with van der Waals surface area (Å²) in [6.07, 6.45) is 2.57. The second kappa shape index (κ2) is 4.25. The Hall–Kier alpha value is -1.36. The van der Waals surface area contributed by atoms with Crippen LogP contribution in [0, 0.1) is 6.07 Å². The van der Waals surface area contributed by atoms with E-state index in [4.69, 9.17) is 0 Å². The summed E-state index contributed by atoms with van der Waals surface area (Å²) < 4.78 is 1.57.